The zero-order valence-corrected chi connectivity index (χ0v) is 8.39. The minimum Gasteiger partial charge on any atom is -0.329 e. The Bertz CT molecular complexity index is 231. The number of aromatic nitrogens is 1. The predicted octanol–water partition coefficient (Wildman–Crippen LogP) is -0.199. The van der Waals surface area contributed by atoms with Crippen LogP contribution in [0.5, 0.6) is 0 Å². The van der Waals surface area contributed by atoms with Gasteiger partial charge in [0.2, 0.25) is 0 Å². The van der Waals surface area contributed by atoms with Gasteiger partial charge in [0.1, 0.15) is 0 Å². The summed E-state index contributed by atoms with van der Waals surface area (Å²) in [7, 11) is 0. The van der Waals surface area contributed by atoms with Gasteiger partial charge in [-0.3, -0.25) is 9.88 Å². The zero-order valence-electron chi connectivity index (χ0n) is 8.39. The number of hydrogen-bond donors (Lipinski definition) is 2. The number of pyridine rings is 1. The first-order valence-electron chi connectivity index (χ1n) is 4.88. The van der Waals surface area contributed by atoms with Crippen molar-refractivity contribution in [3.63, 3.8) is 0 Å². The second-order valence-corrected chi connectivity index (χ2v) is 3.21. The zero-order chi connectivity index (χ0) is 10.2. The van der Waals surface area contributed by atoms with Crippen molar-refractivity contribution in [1.82, 2.24) is 9.88 Å². The van der Waals surface area contributed by atoms with Gasteiger partial charge in [0.25, 0.3) is 0 Å². The Morgan fingerprint density at radius 3 is 2.14 bits per heavy atom. The van der Waals surface area contributed by atoms with Crippen molar-refractivity contribution in [2.24, 2.45) is 11.5 Å². The summed E-state index contributed by atoms with van der Waals surface area (Å²) in [4.78, 5) is 6.22. The molecule has 0 saturated carbocycles. The molecule has 0 saturated heterocycles. The van der Waals surface area contributed by atoms with Crippen LogP contribution in [0, 0.1) is 0 Å². The molecule has 78 valence electrons. The van der Waals surface area contributed by atoms with E-state index < -0.39 is 0 Å². The van der Waals surface area contributed by atoms with Crippen LogP contribution in [0.4, 0.5) is 0 Å². The lowest BCUT2D eigenvalue weighted by atomic mass is 10.2. The van der Waals surface area contributed by atoms with Gasteiger partial charge >= 0.3 is 0 Å². The molecule has 1 heterocycles. The Morgan fingerprint density at radius 1 is 1.07 bits per heavy atom. The Hall–Kier alpha value is -0.970. The number of nitrogens with zero attached hydrogens (tertiary/aromatic N) is 2. The summed E-state index contributed by atoms with van der Waals surface area (Å²) in [6, 6.07) is 4.03. The normalized spacial score (nSPS) is 10.8. The lowest BCUT2D eigenvalue weighted by molar-refractivity contribution is 0.281. The Balaban J connectivity index is 2.46. The van der Waals surface area contributed by atoms with Crippen LogP contribution in [-0.4, -0.2) is 36.1 Å². The third-order valence-electron chi connectivity index (χ3n) is 2.05. The van der Waals surface area contributed by atoms with Crippen molar-refractivity contribution in [2.45, 2.75) is 6.54 Å². The molecule has 0 fully saturated rings. The molecule has 0 amide bonds. The first-order chi connectivity index (χ1) is 6.86. The monoisotopic (exact) mass is 194 g/mol. The minimum absolute atomic E-state index is 0.672. The fraction of sp³-hybridized carbons (Fsp3) is 0.500. The number of rotatable bonds is 6. The molecule has 4 N–H and O–H groups in total. The smallest absolute Gasteiger partial charge is 0.0271 e. The number of nitrogens with two attached hydrogens (primary N) is 2. The van der Waals surface area contributed by atoms with E-state index in [9.17, 15) is 0 Å². The summed E-state index contributed by atoms with van der Waals surface area (Å²) >= 11 is 0. The fourth-order valence-corrected chi connectivity index (χ4v) is 1.38. The van der Waals surface area contributed by atoms with E-state index in [4.69, 9.17) is 11.5 Å². The van der Waals surface area contributed by atoms with Crippen molar-refractivity contribution < 1.29 is 0 Å². The highest BCUT2D eigenvalue weighted by Gasteiger charge is 2.02. The highest BCUT2D eigenvalue weighted by molar-refractivity contribution is 5.09. The lowest BCUT2D eigenvalue weighted by Crippen LogP contribution is -2.33. The summed E-state index contributed by atoms with van der Waals surface area (Å²) in [5.74, 6) is 0. The van der Waals surface area contributed by atoms with Crippen LogP contribution in [0.3, 0.4) is 0 Å². The van der Waals surface area contributed by atoms with Gasteiger partial charge < -0.3 is 11.5 Å². The van der Waals surface area contributed by atoms with E-state index in [0.29, 0.717) is 13.1 Å². The quantitative estimate of drug-likeness (QED) is 0.658. The summed E-state index contributed by atoms with van der Waals surface area (Å²) < 4.78 is 0. The van der Waals surface area contributed by atoms with E-state index >= 15 is 0 Å². The maximum atomic E-state index is 5.52. The minimum atomic E-state index is 0.672. The molecule has 0 aromatic carbocycles. The van der Waals surface area contributed by atoms with Crippen LogP contribution >= 0.6 is 0 Å². The lowest BCUT2D eigenvalue weighted by Gasteiger charge is -2.20. The summed E-state index contributed by atoms with van der Waals surface area (Å²) in [5, 5.41) is 0. The van der Waals surface area contributed by atoms with E-state index in [1.807, 2.05) is 12.1 Å². The molecule has 14 heavy (non-hydrogen) atoms. The van der Waals surface area contributed by atoms with E-state index in [1.165, 1.54) is 5.56 Å². The van der Waals surface area contributed by atoms with Gasteiger partial charge in [0, 0.05) is 45.1 Å². The molecule has 4 heteroatoms. The predicted molar refractivity (Wildman–Crippen MR) is 57.6 cm³/mol. The Morgan fingerprint density at radius 2 is 1.64 bits per heavy atom. The number of hydrogen-bond acceptors (Lipinski definition) is 4. The van der Waals surface area contributed by atoms with Crippen LogP contribution in [0.2, 0.25) is 0 Å². The molecule has 0 bridgehead atoms. The molecule has 1 rings (SSSR count). The first kappa shape index (κ1) is 11.1. The average Bonchev–Trinajstić information content (AvgIpc) is 2.20. The maximum absolute atomic E-state index is 5.52. The first-order valence-corrected chi connectivity index (χ1v) is 4.88. The summed E-state index contributed by atoms with van der Waals surface area (Å²) in [6.45, 7) is 4.02. The molecular weight excluding hydrogens is 176 g/mol. The second-order valence-electron chi connectivity index (χ2n) is 3.21. The molecule has 0 aliphatic carbocycles. The van der Waals surface area contributed by atoms with Gasteiger partial charge in [0.05, 0.1) is 0 Å². The fourth-order valence-electron chi connectivity index (χ4n) is 1.38. The standard InChI is InChI=1S/C10H18N4/c11-3-7-14(8-4-12)9-10-1-5-13-6-2-10/h1-2,5-6H,3-4,7-9,11-12H2. The molecule has 0 radical (unpaired) electrons. The van der Waals surface area contributed by atoms with Crippen molar-refractivity contribution in [3.8, 4) is 0 Å². The van der Waals surface area contributed by atoms with Crippen LogP contribution < -0.4 is 11.5 Å². The van der Waals surface area contributed by atoms with Gasteiger partial charge in [0.15, 0.2) is 0 Å². The van der Waals surface area contributed by atoms with E-state index in [1.54, 1.807) is 12.4 Å². The third kappa shape index (κ3) is 3.83. The van der Waals surface area contributed by atoms with Crippen molar-refractivity contribution in [1.29, 1.82) is 0 Å². The van der Waals surface area contributed by atoms with Crippen LogP contribution in [0.15, 0.2) is 24.5 Å². The highest BCUT2D eigenvalue weighted by atomic mass is 15.1. The van der Waals surface area contributed by atoms with Crippen molar-refractivity contribution in [2.75, 3.05) is 26.2 Å². The second kappa shape index (κ2) is 6.48. The van der Waals surface area contributed by atoms with Crippen LogP contribution in [-0.2, 0) is 6.54 Å². The van der Waals surface area contributed by atoms with Crippen LogP contribution in [0.25, 0.3) is 0 Å². The van der Waals surface area contributed by atoms with Gasteiger partial charge in [-0.25, -0.2) is 0 Å². The molecule has 1 aromatic rings. The Kier molecular flexibility index (Phi) is 5.14. The largest absolute Gasteiger partial charge is 0.329 e. The van der Waals surface area contributed by atoms with E-state index in [-0.39, 0.29) is 0 Å². The SMILES string of the molecule is NCCN(CCN)Cc1ccncc1. The summed E-state index contributed by atoms with van der Waals surface area (Å²) in [5.41, 5.74) is 12.3. The van der Waals surface area contributed by atoms with Crippen molar-refractivity contribution >= 4 is 0 Å². The molecular formula is C10H18N4. The van der Waals surface area contributed by atoms with E-state index in [0.717, 1.165) is 19.6 Å². The van der Waals surface area contributed by atoms with Gasteiger partial charge in [-0.05, 0) is 17.7 Å². The molecule has 0 aliphatic heterocycles. The molecule has 0 spiro atoms. The molecule has 0 unspecified atom stereocenters. The van der Waals surface area contributed by atoms with Crippen LogP contribution in [0.1, 0.15) is 5.56 Å². The molecule has 0 aliphatic rings. The van der Waals surface area contributed by atoms with E-state index in [2.05, 4.69) is 9.88 Å². The van der Waals surface area contributed by atoms with Crippen molar-refractivity contribution in [3.05, 3.63) is 30.1 Å². The average molecular weight is 194 g/mol. The maximum Gasteiger partial charge on any atom is 0.0271 e. The summed E-state index contributed by atoms with van der Waals surface area (Å²) in [6.07, 6.45) is 3.61. The van der Waals surface area contributed by atoms with Gasteiger partial charge in [-0.2, -0.15) is 0 Å². The topological polar surface area (TPSA) is 68.2 Å². The molecule has 1 aromatic heterocycles. The van der Waals surface area contributed by atoms with Gasteiger partial charge in [-0.15, -0.1) is 0 Å². The molecule has 0 atom stereocenters. The Labute approximate surface area is 84.9 Å². The van der Waals surface area contributed by atoms with Gasteiger partial charge in [-0.1, -0.05) is 0 Å². The third-order valence-corrected chi connectivity index (χ3v) is 2.05. The molecule has 4 nitrogen and oxygen atoms in total. The highest BCUT2D eigenvalue weighted by Crippen LogP contribution is 2.01.